The van der Waals surface area contributed by atoms with E-state index in [2.05, 4.69) is 58.2 Å². The molecule has 0 aliphatic carbocycles. The molecule has 1 aromatic carbocycles. The van der Waals surface area contributed by atoms with Gasteiger partial charge in [-0.05, 0) is 23.1 Å². The van der Waals surface area contributed by atoms with E-state index in [-0.39, 0.29) is 5.04 Å². The third kappa shape index (κ3) is 3.31. The number of terminal acetylenes is 1. The van der Waals surface area contributed by atoms with Crippen molar-refractivity contribution in [2.75, 3.05) is 0 Å². The summed E-state index contributed by atoms with van der Waals surface area (Å²) in [6, 6.07) is 7.91. The Morgan fingerprint density at radius 1 is 1.11 bits per heavy atom. The molecule has 0 saturated carbocycles. The Morgan fingerprint density at radius 3 is 2.11 bits per heavy atom. The lowest BCUT2D eigenvalue weighted by Crippen LogP contribution is -2.41. The Morgan fingerprint density at radius 2 is 1.63 bits per heavy atom. The first-order chi connectivity index (χ1) is 8.72. The molecule has 1 rings (SSSR count). The van der Waals surface area contributed by atoms with Crippen LogP contribution in [0, 0.1) is 29.7 Å². The van der Waals surface area contributed by atoms with E-state index in [9.17, 15) is 0 Å². The summed E-state index contributed by atoms with van der Waals surface area (Å²) in [6.45, 7) is 13.9. The highest BCUT2D eigenvalue weighted by Crippen LogP contribution is 2.43. The summed E-state index contributed by atoms with van der Waals surface area (Å²) in [5, 5.41) is 0.283. The van der Waals surface area contributed by atoms with Gasteiger partial charge in [-0.25, -0.2) is 0 Å². The zero-order valence-electron chi connectivity index (χ0n) is 13.0. The number of rotatable bonds is 2. The minimum Gasteiger partial charge on any atom is -0.126 e. The second-order valence-electron chi connectivity index (χ2n) is 6.44. The molecule has 100 valence electrons. The van der Waals surface area contributed by atoms with E-state index in [0.717, 1.165) is 11.1 Å². The van der Waals surface area contributed by atoms with E-state index < -0.39 is 8.07 Å². The van der Waals surface area contributed by atoms with E-state index in [1.807, 2.05) is 24.3 Å². The van der Waals surface area contributed by atoms with E-state index in [1.54, 1.807) is 0 Å². The van der Waals surface area contributed by atoms with Gasteiger partial charge in [0.05, 0.1) is 0 Å². The largest absolute Gasteiger partial charge is 0.138 e. The Labute approximate surface area is 119 Å². The van der Waals surface area contributed by atoms with E-state index in [0.29, 0.717) is 5.92 Å². The normalized spacial score (nSPS) is 11.7. The first kappa shape index (κ1) is 15.6. The molecule has 0 nitrogen and oxygen atoms in total. The van der Waals surface area contributed by atoms with E-state index in [1.165, 1.54) is 0 Å². The summed E-state index contributed by atoms with van der Waals surface area (Å²) in [5.74, 6) is 6.67. The monoisotopic (exact) mass is 268 g/mol. The van der Waals surface area contributed by atoms with Crippen molar-refractivity contribution in [3.8, 4) is 23.8 Å². The van der Waals surface area contributed by atoms with Crippen LogP contribution in [0.4, 0.5) is 0 Å². The fourth-order valence-corrected chi connectivity index (χ4v) is 4.04. The van der Waals surface area contributed by atoms with Crippen LogP contribution in [0.3, 0.4) is 0 Å². The van der Waals surface area contributed by atoms with Gasteiger partial charge in [0.25, 0.3) is 0 Å². The van der Waals surface area contributed by atoms with Gasteiger partial charge in [-0.2, -0.15) is 0 Å². The number of benzene rings is 1. The van der Waals surface area contributed by atoms with E-state index in [4.69, 9.17) is 6.42 Å². The molecule has 19 heavy (non-hydrogen) atoms. The molecule has 0 aromatic heterocycles. The van der Waals surface area contributed by atoms with Crippen molar-refractivity contribution in [1.29, 1.82) is 0 Å². The summed E-state index contributed by atoms with van der Waals surface area (Å²) in [5.41, 5.74) is 5.43. The van der Waals surface area contributed by atoms with Gasteiger partial charge in [-0.15, -0.1) is 12.0 Å². The molecule has 0 N–H and O–H groups in total. The van der Waals surface area contributed by atoms with Gasteiger partial charge in [-0.1, -0.05) is 64.8 Å². The highest BCUT2D eigenvalue weighted by molar-refractivity contribution is 6.87. The van der Waals surface area contributed by atoms with Crippen LogP contribution in [0.1, 0.15) is 38.8 Å². The molecule has 0 aliphatic heterocycles. The molecule has 0 aliphatic rings. The average Bonchev–Trinajstić information content (AvgIpc) is 2.36. The molecule has 0 saturated heterocycles. The van der Waals surface area contributed by atoms with Crippen LogP contribution < -0.4 is 0 Å². The molecule has 0 bridgehead atoms. The van der Waals surface area contributed by atoms with Crippen LogP contribution in [0.15, 0.2) is 24.3 Å². The van der Waals surface area contributed by atoms with Gasteiger partial charge in [0.15, 0.2) is 0 Å². The zero-order valence-corrected chi connectivity index (χ0v) is 14.0. The third-order valence-corrected chi connectivity index (χ3v) is 9.20. The molecule has 0 amide bonds. The topological polar surface area (TPSA) is 0 Å². The smallest absolute Gasteiger partial charge is 0.126 e. The molecular formula is C18H24Si. The molecule has 1 heteroatoms. The second-order valence-corrected chi connectivity index (χ2v) is 11.2. The summed E-state index contributed by atoms with van der Waals surface area (Å²) in [7, 11) is -1.64. The highest BCUT2D eigenvalue weighted by Gasteiger charge is 2.40. The molecule has 0 unspecified atom stereocenters. The van der Waals surface area contributed by atoms with Crippen molar-refractivity contribution in [1.82, 2.24) is 0 Å². The summed E-state index contributed by atoms with van der Waals surface area (Å²) < 4.78 is 0. The molecule has 0 spiro atoms. The fraction of sp³-hybridized carbons (Fsp3) is 0.444. The Kier molecular flexibility index (Phi) is 4.67. The minimum atomic E-state index is -1.64. The van der Waals surface area contributed by atoms with Crippen LogP contribution in [0.2, 0.25) is 18.1 Å². The lowest BCUT2D eigenvalue weighted by atomic mass is 9.99. The second kappa shape index (κ2) is 5.68. The standard InChI is InChI=1S/C18H24Si/c1-8-16-11-9-10-12-17(16)13-14-19(6,7)18(4,5)15(2)3/h1,9-12,15H,2-7H3. The van der Waals surface area contributed by atoms with Crippen LogP contribution in [-0.2, 0) is 0 Å². The average molecular weight is 268 g/mol. The molecular weight excluding hydrogens is 244 g/mol. The maximum Gasteiger partial charge on any atom is 0.138 e. The maximum atomic E-state index is 5.52. The van der Waals surface area contributed by atoms with E-state index >= 15 is 0 Å². The summed E-state index contributed by atoms with van der Waals surface area (Å²) in [6.07, 6.45) is 5.52. The van der Waals surface area contributed by atoms with Crippen LogP contribution in [-0.4, -0.2) is 8.07 Å². The summed E-state index contributed by atoms with van der Waals surface area (Å²) in [4.78, 5) is 0. The SMILES string of the molecule is C#Cc1ccccc1C#C[Si](C)(C)C(C)(C)C(C)C. The predicted octanol–water partition coefficient (Wildman–Crippen LogP) is 4.70. The zero-order chi connectivity index (χ0) is 14.7. The lowest BCUT2D eigenvalue weighted by Gasteiger charge is -2.39. The molecule has 0 heterocycles. The van der Waals surface area contributed by atoms with Crippen LogP contribution in [0.5, 0.6) is 0 Å². The van der Waals surface area contributed by atoms with Gasteiger partial charge in [0, 0.05) is 11.1 Å². The Hall–Kier alpha value is -1.44. The maximum absolute atomic E-state index is 5.52. The first-order valence-electron chi connectivity index (χ1n) is 6.81. The Bertz CT molecular complexity index is 545. The predicted molar refractivity (Wildman–Crippen MR) is 87.6 cm³/mol. The van der Waals surface area contributed by atoms with Crippen molar-refractivity contribution in [3.05, 3.63) is 35.4 Å². The molecule has 0 atom stereocenters. The molecule has 0 radical (unpaired) electrons. The fourth-order valence-electron chi connectivity index (χ4n) is 1.82. The lowest BCUT2D eigenvalue weighted by molar-refractivity contribution is 0.462. The van der Waals surface area contributed by atoms with Crippen LogP contribution in [0.25, 0.3) is 0 Å². The van der Waals surface area contributed by atoms with Gasteiger partial charge in [-0.3, -0.25) is 0 Å². The first-order valence-corrected chi connectivity index (χ1v) is 9.81. The van der Waals surface area contributed by atoms with Crippen molar-refractivity contribution in [2.45, 2.75) is 45.8 Å². The van der Waals surface area contributed by atoms with Crippen molar-refractivity contribution >= 4 is 8.07 Å². The van der Waals surface area contributed by atoms with Crippen molar-refractivity contribution in [2.24, 2.45) is 5.92 Å². The molecule has 0 fully saturated rings. The van der Waals surface area contributed by atoms with Crippen molar-refractivity contribution in [3.63, 3.8) is 0 Å². The van der Waals surface area contributed by atoms with Crippen molar-refractivity contribution < 1.29 is 0 Å². The van der Waals surface area contributed by atoms with Gasteiger partial charge in [0.2, 0.25) is 0 Å². The quantitative estimate of drug-likeness (QED) is 0.538. The van der Waals surface area contributed by atoms with Gasteiger partial charge >= 0.3 is 0 Å². The summed E-state index contributed by atoms with van der Waals surface area (Å²) >= 11 is 0. The molecule has 1 aromatic rings. The number of hydrogen-bond donors (Lipinski definition) is 0. The van der Waals surface area contributed by atoms with Gasteiger partial charge < -0.3 is 0 Å². The van der Waals surface area contributed by atoms with Gasteiger partial charge in [0.1, 0.15) is 8.07 Å². The minimum absolute atomic E-state index is 0.283. The number of hydrogen-bond acceptors (Lipinski definition) is 0. The Balaban J connectivity index is 3.17. The highest BCUT2D eigenvalue weighted by atomic mass is 28.3. The van der Waals surface area contributed by atoms with Crippen LogP contribution >= 0.6 is 0 Å². The third-order valence-electron chi connectivity index (χ3n) is 4.65.